The van der Waals surface area contributed by atoms with Crippen LogP contribution < -0.4 is 4.74 Å². The molecule has 72 valence electrons. The number of methoxy groups -OCH3 is 1. The van der Waals surface area contributed by atoms with Crippen molar-refractivity contribution in [2.75, 3.05) is 7.11 Å². The van der Waals surface area contributed by atoms with Gasteiger partial charge in [0.05, 0.1) is 7.11 Å². The topological polar surface area (TPSA) is 43.4 Å². The van der Waals surface area contributed by atoms with Crippen molar-refractivity contribution in [2.45, 2.75) is 0 Å². The Kier molecular flexibility index (Phi) is 3.61. The molecule has 0 saturated heterocycles. The van der Waals surface area contributed by atoms with Crippen LogP contribution in [0.15, 0.2) is 24.3 Å². The molecule has 0 fully saturated rings. The monoisotopic (exact) mass is 190 g/mol. The van der Waals surface area contributed by atoms with E-state index >= 15 is 0 Å². The molecule has 0 aliphatic heterocycles. The van der Waals surface area contributed by atoms with Gasteiger partial charge >= 0.3 is 0 Å². The summed E-state index contributed by atoms with van der Waals surface area (Å²) in [7, 11) is 1.53. The predicted molar refractivity (Wildman–Crippen MR) is 53.5 cm³/mol. The summed E-state index contributed by atoms with van der Waals surface area (Å²) in [6, 6.07) is 5.08. The van der Waals surface area contributed by atoms with Crippen LogP contribution in [0, 0.1) is 0 Å². The maximum Gasteiger partial charge on any atom is 0.150 e. The minimum Gasteiger partial charge on any atom is -0.497 e. The minimum atomic E-state index is 0.502. The second-order valence-corrected chi connectivity index (χ2v) is 2.61. The highest BCUT2D eigenvalue weighted by Gasteiger charge is 1.99. The molecule has 0 aliphatic rings. The highest BCUT2D eigenvalue weighted by Crippen LogP contribution is 2.17. The number of ether oxygens (including phenoxy) is 1. The first kappa shape index (κ1) is 10.2. The Bertz CT molecular complexity index is 367. The molecule has 1 aromatic carbocycles. The molecule has 0 spiro atoms. The Morgan fingerprint density at radius 3 is 2.57 bits per heavy atom. The summed E-state index contributed by atoms with van der Waals surface area (Å²) in [5, 5.41) is 0. The quantitative estimate of drug-likeness (QED) is 0.536. The highest BCUT2D eigenvalue weighted by atomic mass is 16.5. The van der Waals surface area contributed by atoms with Crippen molar-refractivity contribution in [3.05, 3.63) is 35.4 Å². The Morgan fingerprint density at radius 1 is 1.21 bits per heavy atom. The molecule has 3 heteroatoms. The van der Waals surface area contributed by atoms with Gasteiger partial charge in [0.15, 0.2) is 6.29 Å². The third-order valence-corrected chi connectivity index (χ3v) is 1.78. The molecule has 0 N–H and O–H groups in total. The second-order valence-electron chi connectivity index (χ2n) is 2.61. The SMILES string of the molecule is COc1ccc(C=CC=O)c(C=O)c1. The molecule has 0 aromatic heterocycles. The van der Waals surface area contributed by atoms with Gasteiger partial charge in [0.25, 0.3) is 0 Å². The third kappa shape index (κ3) is 2.29. The number of benzene rings is 1. The Labute approximate surface area is 82.0 Å². The zero-order valence-electron chi connectivity index (χ0n) is 7.77. The van der Waals surface area contributed by atoms with Gasteiger partial charge in [-0.2, -0.15) is 0 Å². The number of hydrogen-bond acceptors (Lipinski definition) is 3. The van der Waals surface area contributed by atoms with E-state index in [0.717, 1.165) is 6.29 Å². The van der Waals surface area contributed by atoms with Crippen molar-refractivity contribution in [3.8, 4) is 5.75 Å². The van der Waals surface area contributed by atoms with E-state index in [9.17, 15) is 9.59 Å². The molecule has 0 saturated carbocycles. The van der Waals surface area contributed by atoms with Gasteiger partial charge in [0.2, 0.25) is 0 Å². The van der Waals surface area contributed by atoms with Gasteiger partial charge in [-0.05, 0) is 23.8 Å². The molecule has 0 amide bonds. The molecular weight excluding hydrogens is 180 g/mol. The summed E-state index contributed by atoms with van der Waals surface area (Å²) < 4.78 is 4.96. The smallest absolute Gasteiger partial charge is 0.150 e. The number of carbonyl (C=O) groups excluding carboxylic acids is 2. The first-order valence-electron chi connectivity index (χ1n) is 4.07. The molecule has 0 aliphatic carbocycles. The van der Waals surface area contributed by atoms with Crippen LogP contribution >= 0.6 is 0 Å². The standard InChI is InChI=1S/C11H10O3/c1-14-11-5-4-9(3-2-6-12)10(7-11)8-13/h2-8H,1H3. The number of rotatable bonds is 4. The van der Waals surface area contributed by atoms with Gasteiger partial charge in [0.1, 0.15) is 12.0 Å². The normalized spacial score (nSPS) is 10.1. The van der Waals surface area contributed by atoms with Crippen LogP contribution in [-0.4, -0.2) is 19.7 Å². The van der Waals surface area contributed by atoms with Crippen molar-refractivity contribution in [2.24, 2.45) is 0 Å². The maximum absolute atomic E-state index is 10.7. The van der Waals surface area contributed by atoms with E-state index in [2.05, 4.69) is 0 Å². The van der Waals surface area contributed by atoms with Gasteiger partial charge in [-0.3, -0.25) is 9.59 Å². The van der Waals surface area contributed by atoms with Crippen LogP contribution in [0.1, 0.15) is 15.9 Å². The summed E-state index contributed by atoms with van der Waals surface area (Å²) in [5.74, 6) is 0.621. The Morgan fingerprint density at radius 2 is 2.00 bits per heavy atom. The van der Waals surface area contributed by atoms with Crippen molar-refractivity contribution in [1.82, 2.24) is 0 Å². The van der Waals surface area contributed by atoms with Crippen molar-refractivity contribution in [1.29, 1.82) is 0 Å². The average Bonchev–Trinajstić information content (AvgIpc) is 2.26. The Hall–Kier alpha value is -1.90. The van der Waals surface area contributed by atoms with Gasteiger partial charge < -0.3 is 4.74 Å². The molecular formula is C11H10O3. The fourth-order valence-electron chi connectivity index (χ4n) is 1.08. The van der Waals surface area contributed by atoms with E-state index in [1.807, 2.05) is 0 Å². The van der Waals surface area contributed by atoms with E-state index in [-0.39, 0.29) is 0 Å². The lowest BCUT2D eigenvalue weighted by atomic mass is 10.1. The predicted octanol–water partition coefficient (Wildman–Crippen LogP) is 1.72. The summed E-state index contributed by atoms with van der Waals surface area (Å²) in [4.78, 5) is 20.8. The summed E-state index contributed by atoms with van der Waals surface area (Å²) in [6.45, 7) is 0. The zero-order valence-corrected chi connectivity index (χ0v) is 7.77. The van der Waals surface area contributed by atoms with E-state index in [1.165, 1.54) is 13.2 Å². The van der Waals surface area contributed by atoms with Gasteiger partial charge in [-0.15, -0.1) is 0 Å². The molecule has 0 radical (unpaired) electrons. The van der Waals surface area contributed by atoms with Gasteiger partial charge in [-0.25, -0.2) is 0 Å². The summed E-state index contributed by atoms with van der Waals surface area (Å²) in [5.41, 5.74) is 1.20. The molecule has 3 nitrogen and oxygen atoms in total. The Balaban J connectivity index is 3.10. The lowest BCUT2D eigenvalue weighted by Gasteiger charge is -2.02. The molecule has 0 unspecified atom stereocenters. The first-order valence-corrected chi connectivity index (χ1v) is 4.07. The van der Waals surface area contributed by atoms with Crippen LogP contribution in [-0.2, 0) is 4.79 Å². The van der Waals surface area contributed by atoms with Crippen molar-refractivity contribution in [3.63, 3.8) is 0 Å². The van der Waals surface area contributed by atoms with E-state index in [0.29, 0.717) is 23.2 Å². The van der Waals surface area contributed by atoms with Crippen LogP contribution in [0.3, 0.4) is 0 Å². The third-order valence-electron chi connectivity index (χ3n) is 1.78. The molecule has 1 rings (SSSR count). The van der Waals surface area contributed by atoms with Crippen molar-refractivity contribution < 1.29 is 14.3 Å². The average molecular weight is 190 g/mol. The number of aldehydes is 2. The van der Waals surface area contributed by atoms with Crippen LogP contribution in [0.2, 0.25) is 0 Å². The molecule has 0 bridgehead atoms. The van der Waals surface area contributed by atoms with Crippen LogP contribution in [0.4, 0.5) is 0 Å². The first-order chi connectivity index (χ1) is 6.81. The second kappa shape index (κ2) is 4.97. The molecule has 14 heavy (non-hydrogen) atoms. The van der Waals surface area contributed by atoms with Crippen LogP contribution in [0.25, 0.3) is 6.08 Å². The fourth-order valence-corrected chi connectivity index (χ4v) is 1.08. The summed E-state index contributed by atoms with van der Waals surface area (Å²) >= 11 is 0. The van der Waals surface area contributed by atoms with Gasteiger partial charge in [0, 0.05) is 5.56 Å². The zero-order chi connectivity index (χ0) is 10.4. The minimum absolute atomic E-state index is 0.502. The number of allylic oxidation sites excluding steroid dienone is 1. The van der Waals surface area contributed by atoms with Crippen molar-refractivity contribution >= 4 is 18.6 Å². The molecule has 0 heterocycles. The van der Waals surface area contributed by atoms with E-state index < -0.39 is 0 Å². The highest BCUT2D eigenvalue weighted by molar-refractivity contribution is 5.85. The molecule has 0 atom stereocenters. The van der Waals surface area contributed by atoms with E-state index in [4.69, 9.17) is 4.74 Å². The maximum atomic E-state index is 10.7. The lowest BCUT2D eigenvalue weighted by molar-refractivity contribution is -0.104. The molecule has 1 aromatic rings. The van der Waals surface area contributed by atoms with E-state index in [1.54, 1.807) is 24.3 Å². The van der Waals surface area contributed by atoms with Crippen LogP contribution in [0.5, 0.6) is 5.75 Å². The lowest BCUT2D eigenvalue weighted by Crippen LogP contribution is -1.89. The fraction of sp³-hybridized carbons (Fsp3) is 0.0909. The van der Waals surface area contributed by atoms with Gasteiger partial charge in [-0.1, -0.05) is 12.1 Å². The number of carbonyl (C=O) groups is 2. The number of hydrogen-bond donors (Lipinski definition) is 0. The summed E-state index contributed by atoms with van der Waals surface area (Å²) in [6.07, 6.45) is 4.32. The largest absolute Gasteiger partial charge is 0.497 e.